The third-order valence-electron chi connectivity index (χ3n) is 2.38. The molecule has 2 rings (SSSR count). The molecule has 0 saturated heterocycles. The molecule has 2 aromatic rings. The second-order valence-corrected chi connectivity index (χ2v) is 3.87. The Balaban J connectivity index is 1.88. The van der Waals surface area contributed by atoms with Gasteiger partial charge in [-0.1, -0.05) is 24.3 Å². The maximum Gasteiger partial charge on any atom is 0.411 e. The molecule has 0 saturated carbocycles. The van der Waals surface area contributed by atoms with E-state index in [1.165, 1.54) is 0 Å². The van der Waals surface area contributed by atoms with Crippen molar-refractivity contribution in [3.05, 3.63) is 30.5 Å². The molecule has 1 N–H and O–H groups in total. The first-order valence-electron chi connectivity index (χ1n) is 5.65. The number of benzene rings is 1. The lowest BCUT2D eigenvalue weighted by Crippen LogP contribution is -2.20. The zero-order valence-corrected chi connectivity index (χ0v) is 9.94. The Morgan fingerprint density at radius 2 is 2.00 bits per heavy atom. The van der Waals surface area contributed by atoms with E-state index in [0.717, 1.165) is 10.8 Å². The van der Waals surface area contributed by atoms with Crippen molar-refractivity contribution < 1.29 is 17.9 Å². The Labute approximate surface area is 107 Å². The Kier molecular flexibility index (Phi) is 4.16. The van der Waals surface area contributed by atoms with Crippen molar-refractivity contribution in [1.29, 1.82) is 0 Å². The van der Waals surface area contributed by atoms with Crippen LogP contribution in [0.3, 0.4) is 0 Å². The Morgan fingerprint density at radius 3 is 2.79 bits per heavy atom. The molecular weight excluding hydrogens is 259 g/mol. The molecule has 0 atom stereocenters. The van der Waals surface area contributed by atoms with E-state index in [4.69, 9.17) is 0 Å². The molecule has 0 spiro atoms. The number of rotatable bonds is 5. The minimum absolute atomic E-state index is 0.0512. The molecular formula is C12H12F3N3O. The summed E-state index contributed by atoms with van der Waals surface area (Å²) in [6, 6.07) is 7.48. The number of fused-ring (bicyclic) bond motifs is 1. The highest BCUT2D eigenvalue weighted by atomic mass is 19.4. The van der Waals surface area contributed by atoms with Crippen molar-refractivity contribution in [3.8, 4) is 0 Å². The van der Waals surface area contributed by atoms with E-state index in [0.29, 0.717) is 5.82 Å². The van der Waals surface area contributed by atoms with Gasteiger partial charge in [0.15, 0.2) is 5.82 Å². The topological polar surface area (TPSA) is 47.0 Å². The number of nitrogens with zero attached hydrogens (tertiary/aromatic N) is 2. The lowest BCUT2D eigenvalue weighted by Gasteiger charge is -2.09. The quantitative estimate of drug-likeness (QED) is 0.849. The molecule has 1 heterocycles. The van der Waals surface area contributed by atoms with Gasteiger partial charge in [0.1, 0.15) is 6.61 Å². The number of aromatic nitrogens is 2. The number of halogens is 3. The van der Waals surface area contributed by atoms with Crippen LogP contribution in [0.15, 0.2) is 30.5 Å². The van der Waals surface area contributed by atoms with E-state index in [1.54, 1.807) is 6.20 Å². The summed E-state index contributed by atoms with van der Waals surface area (Å²) in [7, 11) is 0. The second kappa shape index (κ2) is 5.83. The van der Waals surface area contributed by atoms with Gasteiger partial charge < -0.3 is 10.1 Å². The number of hydrogen-bond acceptors (Lipinski definition) is 4. The molecule has 1 aromatic carbocycles. The summed E-state index contributed by atoms with van der Waals surface area (Å²) in [6.45, 7) is -1.06. The van der Waals surface area contributed by atoms with Gasteiger partial charge >= 0.3 is 6.18 Å². The summed E-state index contributed by atoms with van der Waals surface area (Å²) >= 11 is 0. The fraction of sp³-hybridized carbons (Fsp3) is 0.333. The Morgan fingerprint density at radius 1 is 1.21 bits per heavy atom. The van der Waals surface area contributed by atoms with E-state index in [1.807, 2.05) is 24.3 Å². The van der Waals surface area contributed by atoms with Crippen LogP contribution in [0.1, 0.15) is 0 Å². The molecule has 19 heavy (non-hydrogen) atoms. The summed E-state index contributed by atoms with van der Waals surface area (Å²) in [6.07, 6.45) is -2.67. The lowest BCUT2D eigenvalue weighted by molar-refractivity contribution is -0.172. The fourth-order valence-electron chi connectivity index (χ4n) is 1.59. The summed E-state index contributed by atoms with van der Waals surface area (Å²) in [4.78, 5) is 0. The van der Waals surface area contributed by atoms with Gasteiger partial charge in [0.25, 0.3) is 0 Å². The first-order valence-corrected chi connectivity index (χ1v) is 5.65. The number of alkyl halides is 3. The molecule has 0 aliphatic carbocycles. The van der Waals surface area contributed by atoms with Gasteiger partial charge in [-0.2, -0.15) is 18.3 Å². The molecule has 0 aliphatic heterocycles. The molecule has 0 radical (unpaired) electrons. The van der Waals surface area contributed by atoms with Crippen molar-refractivity contribution in [2.75, 3.05) is 25.1 Å². The van der Waals surface area contributed by atoms with Crippen LogP contribution in [0.4, 0.5) is 19.0 Å². The van der Waals surface area contributed by atoms with Crippen LogP contribution >= 0.6 is 0 Å². The first kappa shape index (κ1) is 13.5. The number of anilines is 1. The van der Waals surface area contributed by atoms with E-state index >= 15 is 0 Å². The van der Waals surface area contributed by atoms with Gasteiger partial charge in [0.2, 0.25) is 0 Å². The molecule has 0 aliphatic rings. The van der Waals surface area contributed by atoms with E-state index in [9.17, 15) is 13.2 Å². The van der Waals surface area contributed by atoms with Crippen LogP contribution in [0.2, 0.25) is 0 Å². The van der Waals surface area contributed by atoms with Gasteiger partial charge in [0, 0.05) is 17.3 Å². The molecule has 0 fully saturated rings. The predicted octanol–water partition coefficient (Wildman–Crippen LogP) is 2.62. The standard InChI is InChI=1S/C12H12F3N3O/c13-12(14,15)8-19-6-5-16-11-10-4-2-1-3-9(10)7-17-18-11/h1-4,7H,5-6,8H2,(H,16,18). The van der Waals surface area contributed by atoms with Gasteiger partial charge in [0.05, 0.1) is 12.8 Å². The van der Waals surface area contributed by atoms with Crippen LogP contribution in [-0.2, 0) is 4.74 Å². The van der Waals surface area contributed by atoms with Crippen molar-refractivity contribution in [1.82, 2.24) is 10.2 Å². The number of ether oxygens (including phenoxy) is 1. The Hall–Kier alpha value is -1.89. The highest BCUT2D eigenvalue weighted by molar-refractivity contribution is 5.90. The van der Waals surface area contributed by atoms with Crippen molar-refractivity contribution in [2.45, 2.75) is 6.18 Å². The van der Waals surface area contributed by atoms with Gasteiger partial charge in [-0.3, -0.25) is 0 Å². The molecule has 1 aromatic heterocycles. The molecule has 0 bridgehead atoms. The Bertz CT molecular complexity index is 540. The fourth-order valence-corrected chi connectivity index (χ4v) is 1.59. The van der Waals surface area contributed by atoms with Crippen molar-refractivity contribution >= 4 is 16.6 Å². The normalized spacial score (nSPS) is 11.7. The van der Waals surface area contributed by atoms with Crippen LogP contribution in [-0.4, -0.2) is 36.1 Å². The summed E-state index contributed by atoms with van der Waals surface area (Å²) in [5.74, 6) is 0.536. The smallest absolute Gasteiger partial charge is 0.370 e. The predicted molar refractivity (Wildman–Crippen MR) is 64.9 cm³/mol. The first-order chi connectivity index (χ1) is 9.06. The second-order valence-electron chi connectivity index (χ2n) is 3.87. The maximum absolute atomic E-state index is 11.8. The molecule has 4 nitrogen and oxygen atoms in total. The highest BCUT2D eigenvalue weighted by Crippen LogP contribution is 2.19. The van der Waals surface area contributed by atoms with Gasteiger partial charge in [-0.15, -0.1) is 5.10 Å². The minimum Gasteiger partial charge on any atom is -0.370 e. The molecule has 0 unspecified atom stereocenters. The zero-order valence-electron chi connectivity index (χ0n) is 9.94. The largest absolute Gasteiger partial charge is 0.411 e. The monoisotopic (exact) mass is 271 g/mol. The zero-order chi connectivity index (χ0) is 13.7. The van der Waals surface area contributed by atoms with Crippen LogP contribution in [0.5, 0.6) is 0 Å². The average molecular weight is 271 g/mol. The lowest BCUT2D eigenvalue weighted by atomic mass is 10.2. The van der Waals surface area contributed by atoms with Gasteiger partial charge in [-0.25, -0.2) is 0 Å². The summed E-state index contributed by atoms with van der Waals surface area (Å²) in [5, 5.41) is 12.4. The average Bonchev–Trinajstić information content (AvgIpc) is 2.37. The summed E-state index contributed by atoms with van der Waals surface area (Å²) < 4.78 is 40.0. The highest BCUT2D eigenvalue weighted by Gasteiger charge is 2.27. The number of nitrogens with one attached hydrogen (secondary N) is 1. The molecule has 0 amide bonds. The van der Waals surface area contributed by atoms with E-state index in [2.05, 4.69) is 20.3 Å². The van der Waals surface area contributed by atoms with Gasteiger partial charge in [-0.05, 0) is 0 Å². The van der Waals surface area contributed by atoms with E-state index < -0.39 is 12.8 Å². The van der Waals surface area contributed by atoms with Crippen LogP contribution in [0, 0.1) is 0 Å². The number of hydrogen-bond donors (Lipinski definition) is 1. The molecule has 7 heteroatoms. The van der Waals surface area contributed by atoms with E-state index in [-0.39, 0.29) is 13.2 Å². The summed E-state index contributed by atoms with van der Waals surface area (Å²) in [5.41, 5.74) is 0. The third-order valence-corrected chi connectivity index (χ3v) is 2.38. The van der Waals surface area contributed by atoms with Crippen LogP contribution in [0.25, 0.3) is 10.8 Å². The SMILES string of the molecule is FC(F)(F)COCCNc1nncc2ccccc12. The van der Waals surface area contributed by atoms with Crippen molar-refractivity contribution in [2.24, 2.45) is 0 Å². The molecule has 102 valence electrons. The third kappa shape index (κ3) is 4.06. The van der Waals surface area contributed by atoms with Crippen LogP contribution < -0.4 is 5.32 Å². The maximum atomic E-state index is 11.8. The van der Waals surface area contributed by atoms with Crippen molar-refractivity contribution in [3.63, 3.8) is 0 Å². The minimum atomic E-state index is -4.29.